The molecule has 0 aliphatic carbocycles. The van der Waals surface area contributed by atoms with Gasteiger partial charge < -0.3 is 15.7 Å². The molecule has 1 aromatic rings. The van der Waals surface area contributed by atoms with E-state index in [2.05, 4.69) is 4.98 Å². The first-order valence-electron chi connectivity index (χ1n) is 6.56. The topological polar surface area (TPSA) is 62.4 Å². The van der Waals surface area contributed by atoms with Crippen LogP contribution in [-0.2, 0) is 6.18 Å². The van der Waals surface area contributed by atoms with Crippen molar-refractivity contribution >= 4 is 23.0 Å². The van der Waals surface area contributed by atoms with E-state index < -0.39 is 11.9 Å². The molecule has 1 atom stereocenters. The van der Waals surface area contributed by atoms with Crippen LogP contribution in [0.5, 0.6) is 0 Å². The molecule has 0 aromatic carbocycles. The maximum Gasteiger partial charge on any atom is 0.433 e. The highest BCUT2D eigenvalue weighted by Crippen LogP contribution is 2.32. The van der Waals surface area contributed by atoms with E-state index in [4.69, 9.17) is 18.0 Å². The Hall–Kier alpha value is -1.41. The summed E-state index contributed by atoms with van der Waals surface area (Å²) in [7, 11) is 0. The van der Waals surface area contributed by atoms with Gasteiger partial charge in [0.2, 0.25) is 0 Å². The summed E-state index contributed by atoms with van der Waals surface area (Å²) in [6.07, 6.45) is -2.90. The highest BCUT2D eigenvalue weighted by molar-refractivity contribution is 7.80. The zero-order chi connectivity index (χ0) is 15.6. The highest BCUT2D eigenvalue weighted by Gasteiger charge is 2.34. The van der Waals surface area contributed by atoms with Crippen LogP contribution in [0, 0.1) is 5.92 Å². The van der Waals surface area contributed by atoms with E-state index in [0.29, 0.717) is 18.7 Å². The number of nitrogens with zero attached hydrogens (tertiary/aromatic N) is 2. The zero-order valence-corrected chi connectivity index (χ0v) is 12.0. The molecule has 0 bridgehead atoms. The monoisotopic (exact) mass is 319 g/mol. The summed E-state index contributed by atoms with van der Waals surface area (Å²) >= 11 is 4.89. The predicted molar refractivity (Wildman–Crippen MR) is 77.1 cm³/mol. The Morgan fingerprint density at radius 1 is 1.48 bits per heavy atom. The Morgan fingerprint density at radius 3 is 2.76 bits per heavy atom. The molecule has 4 nitrogen and oxygen atoms in total. The Balaban J connectivity index is 2.41. The second-order valence-electron chi connectivity index (χ2n) is 5.07. The second kappa shape index (κ2) is 6.15. The Kier molecular flexibility index (Phi) is 4.67. The number of hydrogen-bond acceptors (Lipinski definition) is 4. The molecule has 1 aliphatic rings. The summed E-state index contributed by atoms with van der Waals surface area (Å²) in [5.41, 5.74) is 4.94. The van der Waals surface area contributed by atoms with Gasteiger partial charge in [0, 0.05) is 19.7 Å². The summed E-state index contributed by atoms with van der Waals surface area (Å²) < 4.78 is 38.5. The van der Waals surface area contributed by atoms with Gasteiger partial charge in [-0.05, 0) is 30.9 Å². The van der Waals surface area contributed by atoms with Crippen molar-refractivity contribution in [1.82, 2.24) is 4.98 Å². The standard InChI is InChI=1S/C13H16F3N3OS/c14-13(15,16)10-4-3-9(11(17)21)12(18-10)19-5-1-2-8(6-19)7-20/h3-4,8,20H,1-2,5-7H2,(H2,17,21). The lowest BCUT2D eigenvalue weighted by Gasteiger charge is -2.34. The van der Waals surface area contributed by atoms with E-state index in [9.17, 15) is 18.3 Å². The van der Waals surface area contributed by atoms with Gasteiger partial charge in [-0.25, -0.2) is 4.98 Å². The number of aliphatic hydroxyl groups is 1. The van der Waals surface area contributed by atoms with Gasteiger partial charge in [0.1, 0.15) is 16.5 Å². The smallest absolute Gasteiger partial charge is 0.396 e. The quantitative estimate of drug-likeness (QED) is 0.834. The van der Waals surface area contributed by atoms with Crippen LogP contribution in [0.3, 0.4) is 0 Å². The molecule has 2 rings (SSSR count). The lowest BCUT2D eigenvalue weighted by atomic mass is 9.98. The van der Waals surface area contributed by atoms with Gasteiger partial charge >= 0.3 is 6.18 Å². The molecule has 0 saturated carbocycles. The van der Waals surface area contributed by atoms with Crippen molar-refractivity contribution in [2.45, 2.75) is 19.0 Å². The molecule has 1 aliphatic heterocycles. The van der Waals surface area contributed by atoms with Gasteiger partial charge in [-0.3, -0.25) is 0 Å². The predicted octanol–water partition coefficient (Wildman–Crippen LogP) is 1.94. The number of thiocarbonyl (C=S) groups is 1. The maximum absolute atomic E-state index is 12.8. The van der Waals surface area contributed by atoms with Crippen molar-refractivity contribution in [3.8, 4) is 0 Å². The molecule has 0 spiro atoms. The lowest BCUT2D eigenvalue weighted by molar-refractivity contribution is -0.141. The molecule has 116 valence electrons. The average Bonchev–Trinajstić information content (AvgIpc) is 2.45. The Labute approximate surface area is 125 Å². The molecule has 8 heteroatoms. The fourth-order valence-corrected chi connectivity index (χ4v) is 2.61. The number of halogens is 3. The average molecular weight is 319 g/mol. The molecule has 3 N–H and O–H groups in total. The minimum Gasteiger partial charge on any atom is -0.396 e. The van der Waals surface area contributed by atoms with E-state index in [1.165, 1.54) is 6.07 Å². The van der Waals surface area contributed by atoms with Crippen LogP contribution in [0.15, 0.2) is 12.1 Å². The second-order valence-corrected chi connectivity index (χ2v) is 5.51. The lowest BCUT2D eigenvalue weighted by Crippen LogP contribution is -2.38. The SMILES string of the molecule is NC(=S)c1ccc(C(F)(F)F)nc1N1CCCC(CO)C1. The minimum atomic E-state index is -4.52. The summed E-state index contributed by atoms with van der Waals surface area (Å²) in [4.78, 5) is 5.44. The van der Waals surface area contributed by atoms with Crippen molar-refractivity contribution in [3.63, 3.8) is 0 Å². The molecular weight excluding hydrogens is 303 g/mol. The van der Waals surface area contributed by atoms with E-state index >= 15 is 0 Å². The number of pyridine rings is 1. The molecule has 2 heterocycles. The van der Waals surface area contributed by atoms with Crippen LogP contribution >= 0.6 is 12.2 Å². The third-order valence-electron chi connectivity index (χ3n) is 3.51. The van der Waals surface area contributed by atoms with Gasteiger partial charge in [-0.1, -0.05) is 12.2 Å². The number of rotatable bonds is 3. The van der Waals surface area contributed by atoms with Crippen molar-refractivity contribution in [2.75, 3.05) is 24.6 Å². The number of anilines is 1. The fourth-order valence-electron chi connectivity index (χ4n) is 2.45. The van der Waals surface area contributed by atoms with Crippen LogP contribution in [0.4, 0.5) is 19.0 Å². The molecule has 1 aromatic heterocycles. The van der Waals surface area contributed by atoms with Gasteiger partial charge in [0.15, 0.2) is 0 Å². The molecule has 0 amide bonds. The number of alkyl halides is 3. The summed E-state index contributed by atoms with van der Waals surface area (Å²) in [6, 6.07) is 2.14. The molecule has 21 heavy (non-hydrogen) atoms. The Bertz CT molecular complexity index is 536. The summed E-state index contributed by atoms with van der Waals surface area (Å²) in [5.74, 6) is 0.171. The zero-order valence-electron chi connectivity index (χ0n) is 11.2. The van der Waals surface area contributed by atoms with E-state index in [0.717, 1.165) is 18.9 Å². The largest absolute Gasteiger partial charge is 0.433 e. The van der Waals surface area contributed by atoms with E-state index in [-0.39, 0.29) is 23.3 Å². The van der Waals surface area contributed by atoms with Gasteiger partial charge in [-0.15, -0.1) is 0 Å². The van der Waals surface area contributed by atoms with Gasteiger partial charge in [0.05, 0.1) is 5.56 Å². The van der Waals surface area contributed by atoms with E-state index in [1.807, 2.05) is 0 Å². The first kappa shape index (κ1) is 16.0. The third-order valence-corrected chi connectivity index (χ3v) is 3.73. The minimum absolute atomic E-state index is 0.00212. The van der Waals surface area contributed by atoms with Crippen molar-refractivity contribution in [1.29, 1.82) is 0 Å². The number of aliphatic hydroxyl groups excluding tert-OH is 1. The van der Waals surface area contributed by atoms with Gasteiger partial charge in [-0.2, -0.15) is 13.2 Å². The third kappa shape index (κ3) is 3.62. The van der Waals surface area contributed by atoms with Crippen molar-refractivity contribution in [2.24, 2.45) is 11.7 Å². The van der Waals surface area contributed by atoms with Crippen LogP contribution in [0.25, 0.3) is 0 Å². The first-order chi connectivity index (χ1) is 9.82. The van der Waals surface area contributed by atoms with Crippen LogP contribution in [-0.4, -0.2) is 34.8 Å². The maximum atomic E-state index is 12.8. The number of hydrogen-bond donors (Lipinski definition) is 2. The normalized spacial score (nSPS) is 19.6. The first-order valence-corrected chi connectivity index (χ1v) is 6.97. The van der Waals surface area contributed by atoms with Gasteiger partial charge in [0.25, 0.3) is 0 Å². The van der Waals surface area contributed by atoms with Crippen LogP contribution < -0.4 is 10.6 Å². The van der Waals surface area contributed by atoms with Crippen molar-refractivity contribution < 1.29 is 18.3 Å². The molecule has 1 unspecified atom stereocenters. The fraction of sp³-hybridized carbons (Fsp3) is 0.538. The number of piperidine rings is 1. The molecule has 1 saturated heterocycles. The molecular formula is C13H16F3N3OS. The summed E-state index contributed by atoms with van der Waals surface area (Å²) in [5, 5.41) is 9.24. The highest BCUT2D eigenvalue weighted by atomic mass is 32.1. The molecule has 0 radical (unpaired) electrons. The number of aromatic nitrogens is 1. The molecule has 1 fully saturated rings. The van der Waals surface area contributed by atoms with Crippen molar-refractivity contribution in [3.05, 3.63) is 23.4 Å². The van der Waals surface area contributed by atoms with Crippen LogP contribution in [0.1, 0.15) is 24.1 Å². The van der Waals surface area contributed by atoms with Crippen LogP contribution in [0.2, 0.25) is 0 Å². The Morgan fingerprint density at radius 2 is 2.19 bits per heavy atom. The van der Waals surface area contributed by atoms with E-state index in [1.54, 1.807) is 4.90 Å². The summed E-state index contributed by atoms with van der Waals surface area (Å²) in [6.45, 7) is 1.01. The number of nitrogens with two attached hydrogens (primary N) is 1.